The summed E-state index contributed by atoms with van der Waals surface area (Å²) in [5.41, 5.74) is 0.666. The van der Waals surface area contributed by atoms with Crippen molar-refractivity contribution in [3.8, 4) is 0 Å². The van der Waals surface area contributed by atoms with Crippen LogP contribution in [0, 0.1) is 0 Å². The first-order valence-electron chi connectivity index (χ1n) is 4.95. The molecule has 3 nitrogen and oxygen atoms in total. The molecule has 0 aromatic carbocycles. The lowest BCUT2D eigenvalue weighted by molar-refractivity contribution is 0.0740. The molecule has 0 spiro atoms. The third-order valence-electron chi connectivity index (χ3n) is 2.55. The SMILES string of the molecule is CCC(C)N(C)C(=O)c1ccnc(Br)c1. The molecule has 1 unspecified atom stereocenters. The number of carbonyl (C=O) groups excluding carboxylic acids is 1. The Labute approximate surface area is 98.6 Å². The molecule has 0 N–H and O–H groups in total. The van der Waals surface area contributed by atoms with Gasteiger partial charge in [0.1, 0.15) is 4.60 Å². The lowest BCUT2D eigenvalue weighted by Gasteiger charge is -2.23. The minimum Gasteiger partial charge on any atom is -0.339 e. The van der Waals surface area contributed by atoms with E-state index in [2.05, 4.69) is 27.8 Å². The smallest absolute Gasteiger partial charge is 0.253 e. The number of aromatic nitrogens is 1. The highest BCUT2D eigenvalue weighted by Gasteiger charge is 2.16. The van der Waals surface area contributed by atoms with Gasteiger partial charge in [0, 0.05) is 24.8 Å². The highest BCUT2D eigenvalue weighted by Crippen LogP contribution is 2.12. The van der Waals surface area contributed by atoms with E-state index in [4.69, 9.17) is 0 Å². The average Bonchev–Trinajstić information content (AvgIpc) is 2.26. The Hall–Kier alpha value is -0.900. The molecule has 0 aliphatic rings. The van der Waals surface area contributed by atoms with Crippen LogP contribution in [-0.2, 0) is 0 Å². The maximum atomic E-state index is 12.0. The molecule has 0 saturated heterocycles. The Morgan fingerprint density at radius 2 is 2.33 bits per heavy atom. The summed E-state index contributed by atoms with van der Waals surface area (Å²) < 4.78 is 0.686. The third-order valence-corrected chi connectivity index (χ3v) is 2.98. The number of rotatable bonds is 3. The van der Waals surface area contributed by atoms with E-state index >= 15 is 0 Å². The first kappa shape index (κ1) is 12.2. The fourth-order valence-corrected chi connectivity index (χ4v) is 1.58. The molecule has 0 fully saturated rings. The van der Waals surface area contributed by atoms with Crippen LogP contribution in [-0.4, -0.2) is 28.9 Å². The predicted octanol–water partition coefficient (Wildman–Crippen LogP) is 2.71. The molecule has 4 heteroatoms. The molecule has 15 heavy (non-hydrogen) atoms. The monoisotopic (exact) mass is 270 g/mol. The molecule has 82 valence electrons. The van der Waals surface area contributed by atoms with E-state index in [1.54, 1.807) is 23.2 Å². The van der Waals surface area contributed by atoms with Gasteiger partial charge in [0.05, 0.1) is 0 Å². The van der Waals surface area contributed by atoms with Gasteiger partial charge in [-0.05, 0) is 41.4 Å². The zero-order valence-corrected chi connectivity index (χ0v) is 10.8. The second kappa shape index (κ2) is 5.26. The van der Waals surface area contributed by atoms with Crippen LogP contribution >= 0.6 is 15.9 Å². The molecule has 0 aliphatic carbocycles. The molecule has 0 aliphatic heterocycles. The van der Waals surface area contributed by atoms with Gasteiger partial charge in [-0.1, -0.05) is 6.92 Å². The first-order valence-corrected chi connectivity index (χ1v) is 5.74. The fourth-order valence-electron chi connectivity index (χ4n) is 1.21. The number of amides is 1. The molecule has 1 atom stereocenters. The van der Waals surface area contributed by atoms with Crippen molar-refractivity contribution in [2.75, 3.05) is 7.05 Å². The first-order chi connectivity index (χ1) is 7.06. The molecule has 1 aromatic rings. The van der Waals surface area contributed by atoms with E-state index in [9.17, 15) is 4.79 Å². The lowest BCUT2D eigenvalue weighted by Crippen LogP contribution is -2.34. The number of hydrogen-bond donors (Lipinski definition) is 0. The van der Waals surface area contributed by atoms with Gasteiger partial charge in [-0.15, -0.1) is 0 Å². The molecule has 1 rings (SSSR count). The number of nitrogens with zero attached hydrogens (tertiary/aromatic N) is 2. The molecule has 0 saturated carbocycles. The van der Waals surface area contributed by atoms with E-state index in [1.807, 2.05) is 14.0 Å². The van der Waals surface area contributed by atoms with Crippen molar-refractivity contribution >= 4 is 21.8 Å². The van der Waals surface area contributed by atoms with Crippen LogP contribution < -0.4 is 0 Å². The summed E-state index contributed by atoms with van der Waals surface area (Å²) in [5, 5.41) is 0. The van der Waals surface area contributed by atoms with Gasteiger partial charge in [-0.25, -0.2) is 4.98 Å². The van der Waals surface area contributed by atoms with Crippen molar-refractivity contribution in [2.45, 2.75) is 26.3 Å². The van der Waals surface area contributed by atoms with Crippen LogP contribution in [0.1, 0.15) is 30.6 Å². The Bertz CT molecular complexity index is 354. The zero-order valence-electron chi connectivity index (χ0n) is 9.20. The number of hydrogen-bond acceptors (Lipinski definition) is 2. The Balaban J connectivity index is 2.85. The third kappa shape index (κ3) is 3.02. The summed E-state index contributed by atoms with van der Waals surface area (Å²) >= 11 is 3.25. The molecule has 1 heterocycles. The van der Waals surface area contributed by atoms with Gasteiger partial charge in [-0.3, -0.25) is 4.79 Å². The van der Waals surface area contributed by atoms with Crippen LogP contribution in [0.2, 0.25) is 0 Å². The topological polar surface area (TPSA) is 33.2 Å². The Morgan fingerprint density at radius 1 is 1.67 bits per heavy atom. The Morgan fingerprint density at radius 3 is 2.87 bits per heavy atom. The molecule has 1 aromatic heterocycles. The van der Waals surface area contributed by atoms with Gasteiger partial charge in [0.2, 0.25) is 0 Å². The number of pyridine rings is 1. The second-order valence-electron chi connectivity index (χ2n) is 3.54. The van der Waals surface area contributed by atoms with Crippen molar-refractivity contribution in [3.63, 3.8) is 0 Å². The van der Waals surface area contributed by atoms with Gasteiger partial charge in [0.15, 0.2) is 0 Å². The summed E-state index contributed by atoms with van der Waals surface area (Å²) in [5.74, 6) is 0.0347. The maximum absolute atomic E-state index is 12.0. The summed E-state index contributed by atoms with van der Waals surface area (Å²) in [6.07, 6.45) is 2.58. The lowest BCUT2D eigenvalue weighted by atomic mass is 10.2. The van der Waals surface area contributed by atoms with Crippen molar-refractivity contribution in [2.24, 2.45) is 0 Å². The summed E-state index contributed by atoms with van der Waals surface area (Å²) in [6.45, 7) is 4.10. The molecule has 1 amide bonds. The minimum atomic E-state index is 0.0347. The fraction of sp³-hybridized carbons (Fsp3) is 0.455. The molecular formula is C11H15BrN2O. The highest BCUT2D eigenvalue weighted by molar-refractivity contribution is 9.10. The molecule has 0 radical (unpaired) electrons. The van der Waals surface area contributed by atoms with E-state index in [0.29, 0.717) is 10.2 Å². The summed E-state index contributed by atoms with van der Waals surface area (Å²) in [6, 6.07) is 3.72. The second-order valence-corrected chi connectivity index (χ2v) is 4.35. The van der Waals surface area contributed by atoms with Gasteiger partial charge in [0.25, 0.3) is 5.91 Å². The van der Waals surface area contributed by atoms with Gasteiger partial charge < -0.3 is 4.90 Å². The van der Waals surface area contributed by atoms with Gasteiger partial charge in [-0.2, -0.15) is 0 Å². The Kier molecular flexibility index (Phi) is 4.27. The largest absolute Gasteiger partial charge is 0.339 e. The zero-order chi connectivity index (χ0) is 11.4. The average molecular weight is 271 g/mol. The van der Waals surface area contributed by atoms with E-state index in [0.717, 1.165) is 6.42 Å². The van der Waals surface area contributed by atoms with Crippen LogP contribution in [0.25, 0.3) is 0 Å². The minimum absolute atomic E-state index is 0.0347. The van der Waals surface area contributed by atoms with Crippen LogP contribution in [0.3, 0.4) is 0 Å². The number of halogens is 1. The van der Waals surface area contributed by atoms with Crippen LogP contribution in [0.4, 0.5) is 0 Å². The summed E-state index contributed by atoms with van der Waals surface area (Å²) in [4.78, 5) is 17.7. The standard InChI is InChI=1S/C11H15BrN2O/c1-4-8(2)14(3)11(15)9-5-6-13-10(12)7-9/h5-8H,4H2,1-3H3. The van der Waals surface area contributed by atoms with E-state index in [1.165, 1.54) is 0 Å². The summed E-state index contributed by atoms with van der Waals surface area (Å²) in [7, 11) is 1.82. The van der Waals surface area contributed by atoms with Crippen molar-refractivity contribution in [1.29, 1.82) is 0 Å². The normalized spacial score (nSPS) is 12.3. The predicted molar refractivity (Wildman–Crippen MR) is 63.8 cm³/mol. The van der Waals surface area contributed by atoms with Crippen molar-refractivity contribution in [1.82, 2.24) is 9.88 Å². The van der Waals surface area contributed by atoms with Crippen LogP contribution in [0.5, 0.6) is 0 Å². The quantitative estimate of drug-likeness (QED) is 0.792. The highest BCUT2D eigenvalue weighted by atomic mass is 79.9. The van der Waals surface area contributed by atoms with Crippen molar-refractivity contribution < 1.29 is 4.79 Å². The van der Waals surface area contributed by atoms with E-state index < -0.39 is 0 Å². The van der Waals surface area contributed by atoms with E-state index in [-0.39, 0.29) is 11.9 Å². The maximum Gasteiger partial charge on any atom is 0.253 e. The van der Waals surface area contributed by atoms with Gasteiger partial charge >= 0.3 is 0 Å². The van der Waals surface area contributed by atoms with Crippen LogP contribution in [0.15, 0.2) is 22.9 Å². The molecule has 0 bridgehead atoms. The number of carbonyl (C=O) groups is 1. The van der Waals surface area contributed by atoms with Crippen molar-refractivity contribution in [3.05, 3.63) is 28.5 Å². The molecular weight excluding hydrogens is 256 g/mol.